The first kappa shape index (κ1) is 16.2. The fourth-order valence-electron chi connectivity index (χ4n) is 2.34. The van der Waals surface area contributed by atoms with Crippen molar-refractivity contribution in [1.82, 2.24) is 15.1 Å². The highest BCUT2D eigenvalue weighted by atomic mass is 16.2. The highest BCUT2D eigenvalue weighted by molar-refractivity contribution is 5.98. The second-order valence-corrected chi connectivity index (χ2v) is 6.29. The van der Waals surface area contributed by atoms with Gasteiger partial charge in [0.15, 0.2) is 0 Å². The van der Waals surface area contributed by atoms with Gasteiger partial charge >= 0.3 is 0 Å². The molecule has 1 aliphatic carbocycles. The van der Waals surface area contributed by atoms with Crippen LogP contribution in [0.1, 0.15) is 25.3 Å². The molecule has 0 radical (unpaired) electrons. The first-order chi connectivity index (χ1) is 11.4. The number of carbonyl (C=O) groups excluding carboxylic acids is 2. The number of nitrogens with one attached hydrogen (secondary N) is 2. The summed E-state index contributed by atoms with van der Waals surface area (Å²) >= 11 is 0. The predicted octanol–water partition coefficient (Wildman–Crippen LogP) is 0.974. The number of nitrogens with zero attached hydrogens (tertiary/aromatic N) is 2. The molecular formula is C17H21N5O2. The van der Waals surface area contributed by atoms with Crippen LogP contribution in [-0.2, 0) is 21.7 Å². The third-order valence-corrected chi connectivity index (χ3v) is 3.98. The molecule has 1 unspecified atom stereocenters. The Hall–Kier alpha value is -2.67. The first-order valence-corrected chi connectivity index (χ1v) is 7.93. The van der Waals surface area contributed by atoms with Gasteiger partial charge in [0.2, 0.25) is 11.8 Å². The minimum Gasteiger partial charge on any atom is -0.352 e. The standard InChI is InChI=1S/C17H21N5O2/c1-17(18,12-5-3-2-4-6-12)16(24)21-14-9-19-22(10-14)11-15(23)20-13-7-8-13/h2-6,9-10,13H,7-8,11,18H2,1H3,(H,20,23)(H,21,24). The number of aromatic nitrogens is 2. The van der Waals surface area contributed by atoms with Crippen LogP contribution in [0.5, 0.6) is 0 Å². The summed E-state index contributed by atoms with van der Waals surface area (Å²) in [6.45, 7) is 1.79. The van der Waals surface area contributed by atoms with Crippen molar-refractivity contribution in [2.45, 2.75) is 37.9 Å². The quantitative estimate of drug-likeness (QED) is 0.736. The number of hydrogen-bond donors (Lipinski definition) is 3. The minimum absolute atomic E-state index is 0.0774. The SMILES string of the molecule is CC(N)(C(=O)Nc1cnn(CC(=O)NC2CC2)c1)c1ccccc1. The summed E-state index contributed by atoms with van der Waals surface area (Å²) in [7, 11) is 0. The van der Waals surface area contributed by atoms with Gasteiger partial charge in [-0.2, -0.15) is 5.10 Å². The molecule has 1 fully saturated rings. The third kappa shape index (κ3) is 3.80. The van der Waals surface area contributed by atoms with Crippen LogP contribution in [0.3, 0.4) is 0 Å². The summed E-state index contributed by atoms with van der Waals surface area (Å²) in [6, 6.07) is 9.48. The molecule has 126 valence electrons. The first-order valence-electron chi connectivity index (χ1n) is 7.93. The number of rotatable bonds is 6. The van der Waals surface area contributed by atoms with Gasteiger partial charge in [0.1, 0.15) is 12.1 Å². The molecule has 1 aliphatic rings. The molecule has 24 heavy (non-hydrogen) atoms. The van der Waals surface area contributed by atoms with Gasteiger partial charge in [-0.3, -0.25) is 14.3 Å². The Morgan fingerprint density at radius 1 is 1.33 bits per heavy atom. The Bertz CT molecular complexity index is 734. The number of benzene rings is 1. The van der Waals surface area contributed by atoms with Gasteiger partial charge in [-0.1, -0.05) is 30.3 Å². The van der Waals surface area contributed by atoms with E-state index in [4.69, 9.17) is 5.73 Å². The van der Waals surface area contributed by atoms with Crippen LogP contribution in [0.15, 0.2) is 42.7 Å². The molecule has 1 heterocycles. The largest absolute Gasteiger partial charge is 0.352 e. The van der Waals surface area contributed by atoms with Gasteiger partial charge < -0.3 is 16.4 Å². The molecule has 0 spiro atoms. The number of amides is 2. The summed E-state index contributed by atoms with van der Waals surface area (Å²) in [4.78, 5) is 24.2. The molecule has 7 heteroatoms. The Labute approximate surface area is 140 Å². The Morgan fingerprint density at radius 2 is 2.04 bits per heavy atom. The van der Waals surface area contributed by atoms with Crippen molar-refractivity contribution in [2.75, 3.05) is 5.32 Å². The monoisotopic (exact) mass is 327 g/mol. The average Bonchev–Trinajstić information content (AvgIpc) is 3.26. The molecule has 3 rings (SSSR count). The summed E-state index contributed by atoms with van der Waals surface area (Å²) < 4.78 is 1.49. The van der Waals surface area contributed by atoms with E-state index < -0.39 is 5.54 Å². The van der Waals surface area contributed by atoms with Crippen molar-refractivity contribution in [2.24, 2.45) is 5.73 Å². The van der Waals surface area contributed by atoms with E-state index in [1.807, 2.05) is 30.3 Å². The molecule has 0 aliphatic heterocycles. The maximum Gasteiger partial charge on any atom is 0.248 e. The topological polar surface area (TPSA) is 102 Å². The molecule has 1 aromatic heterocycles. The second-order valence-electron chi connectivity index (χ2n) is 6.29. The Morgan fingerprint density at radius 3 is 2.71 bits per heavy atom. The van der Waals surface area contributed by atoms with Crippen LogP contribution in [-0.4, -0.2) is 27.6 Å². The van der Waals surface area contributed by atoms with E-state index in [2.05, 4.69) is 15.7 Å². The van der Waals surface area contributed by atoms with E-state index >= 15 is 0 Å². The lowest BCUT2D eigenvalue weighted by Crippen LogP contribution is -2.45. The molecule has 1 atom stereocenters. The number of anilines is 1. The molecule has 0 bridgehead atoms. The predicted molar refractivity (Wildman–Crippen MR) is 90.0 cm³/mol. The van der Waals surface area contributed by atoms with Crippen LogP contribution < -0.4 is 16.4 Å². The van der Waals surface area contributed by atoms with Gasteiger partial charge in [-0.15, -0.1) is 0 Å². The molecule has 2 amide bonds. The highest BCUT2D eigenvalue weighted by Crippen LogP contribution is 2.20. The normalized spacial score (nSPS) is 16.2. The van der Waals surface area contributed by atoms with Crippen LogP contribution in [0.25, 0.3) is 0 Å². The molecular weight excluding hydrogens is 306 g/mol. The van der Waals surface area contributed by atoms with Crippen LogP contribution >= 0.6 is 0 Å². The zero-order chi connectivity index (χ0) is 17.2. The van der Waals surface area contributed by atoms with Crippen molar-refractivity contribution in [1.29, 1.82) is 0 Å². The van der Waals surface area contributed by atoms with Gasteiger partial charge in [-0.25, -0.2) is 0 Å². The highest BCUT2D eigenvalue weighted by Gasteiger charge is 2.30. The fourth-order valence-corrected chi connectivity index (χ4v) is 2.34. The summed E-state index contributed by atoms with van der Waals surface area (Å²) in [5.41, 5.74) is 6.24. The zero-order valence-electron chi connectivity index (χ0n) is 13.5. The zero-order valence-corrected chi connectivity index (χ0v) is 13.5. The molecule has 4 N–H and O–H groups in total. The van der Waals surface area contributed by atoms with Crippen LogP contribution in [0.2, 0.25) is 0 Å². The van der Waals surface area contributed by atoms with Gasteiger partial charge in [0.05, 0.1) is 11.9 Å². The second kappa shape index (κ2) is 6.45. The maximum absolute atomic E-state index is 12.5. The van der Waals surface area contributed by atoms with E-state index in [9.17, 15) is 9.59 Å². The molecule has 7 nitrogen and oxygen atoms in total. The molecule has 0 saturated heterocycles. The van der Waals surface area contributed by atoms with Crippen molar-refractivity contribution in [3.05, 3.63) is 48.3 Å². The van der Waals surface area contributed by atoms with E-state index in [0.29, 0.717) is 11.7 Å². The lowest BCUT2D eigenvalue weighted by Gasteiger charge is -2.23. The smallest absolute Gasteiger partial charge is 0.248 e. The Kier molecular flexibility index (Phi) is 4.35. The van der Waals surface area contributed by atoms with Crippen molar-refractivity contribution < 1.29 is 9.59 Å². The molecule has 1 saturated carbocycles. The number of nitrogens with two attached hydrogens (primary N) is 1. The minimum atomic E-state index is -1.16. The van der Waals surface area contributed by atoms with E-state index in [-0.39, 0.29) is 18.4 Å². The fraction of sp³-hybridized carbons (Fsp3) is 0.353. The van der Waals surface area contributed by atoms with Crippen molar-refractivity contribution >= 4 is 17.5 Å². The van der Waals surface area contributed by atoms with Gasteiger partial charge in [0.25, 0.3) is 0 Å². The average molecular weight is 327 g/mol. The lowest BCUT2D eigenvalue weighted by atomic mass is 9.92. The van der Waals surface area contributed by atoms with Crippen LogP contribution in [0.4, 0.5) is 5.69 Å². The number of carbonyl (C=O) groups is 2. The molecule has 1 aromatic carbocycles. The van der Waals surface area contributed by atoms with Crippen molar-refractivity contribution in [3.8, 4) is 0 Å². The van der Waals surface area contributed by atoms with Crippen LogP contribution in [0, 0.1) is 0 Å². The maximum atomic E-state index is 12.5. The van der Waals surface area contributed by atoms with E-state index in [1.54, 1.807) is 13.1 Å². The van der Waals surface area contributed by atoms with Gasteiger partial charge in [-0.05, 0) is 25.3 Å². The summed E-state index contributed by atoms with van der Waals surface area (Å²) in [5.74, 6) is -0.415. The molecule has 2 aromatic rings. The van der Waals surface area contributed by atoms with Gasteiger partial charge in [0, 0.05) is 12.2 Å². The van der Waals surface area contributed by atoms with E-state index in [0.717, 1.165) is 18.4 Å². The van der Waals surface area contributed by atoms with Crippen molar-refractivity contribution in [3.63, 3.8) is 0 Å². The summed E-state index contributed by atoms with van der Waals surface area (Å²) in [6.07, 6.45) is 5.20. The lowest BCUT2D eigenvalue weighted by molar-refractivity contribution is -0.122. The van der Waals surface area contributed by atoms with E-state index in [1.165, 1.54) is 10.9 Å². The third-order valence-electron chi connectivity index (χ3n) is 3.98. The number of hydrogen-bond acceptors (Lipinski definition) is 4. The summed E-state index contributed by atoms with van der Waals surface area (Å²) in [5, 5.41) is 9.73. The Balaban J connectivity index is 1.61.